The highest BCUT2D eigenvalue weighted by Crippen LogP contribution is 2.26. The molecule has 2 aromatic carbocycles. The zero-order valence-electron chi connectivity index (χ0n) is 15.0. The van der Waals surface area contributed by atoms with E-state index in [1.165, 1.54) is 11.4 Å². The maximum Gasteiger partial charge on any atom is 0.264 e. The Morgan fingerprint density at radius 2 is 1.80 bits per heavy atom. The van der Waals surface area contributed by atoms with Crippen LogP contribution in [0.5, 0.6) is 0 Å². The fourth-order valence-electron chi connectivity index (χ4n) is 2.44. The number of hydrogen-bond acceptors (Lipinski definition) is 3. The van der Waals surface area contributed by atoms with Gasteiger partial charge in [0, 0.05) is 18.7 Å². The minimum Gasteiger partial charge on any atom is -0.350 e. The van der Waals surface area contributed by atoms with Crippen LogP contribution in [0.4, 0.5) is 5.69 Å². The van der Waals surface area contributed by atoms with Gasteiger partial charge in [-0.25, -0.2) is 8.42 Å². The van der Waals surface area contributed by atoms with Gasteiger partial charge in [-0.15, -0.1) is 0 Å². The van der Waals surface area contributed by atoms with Crippen LogP contribution in [0.15, 0.2) is 53.4 Å². The molecule has 0 bridgehead atoms. The first-order valence-electron chi connectivity index (χ1n) is 8.23. The second kappa shape index (κ2) is 7.70. The van der Waals surface area contributed by atoms with E-state index in [1.807, 2.05) is 13.8 Å². The van der Waals surface area contributed by atoms with Crippen molar-refractivity contribution in [2.75, 3.05) is 11.4 Å². The molecule has 0 saturated heterocycles. The maximum absolute atomic E-state index is 12.7. The smallest absolute Gasteiger partial charge is 0.264 e. The van der Waals surface area contributed by atoms with Crippen molar-refractivity contribution in [3.8, 4) is 0 Å². The van der Waals surface area contributed by atoms with Crippen molar-refractivity contribution >= 4 is 21.6 Å². The molecule has 0 radical (unpaired) electrons. The Bertz CT molecular complexity index is 848. The zero-order valence-corrected chi connectivity index (χ0v) is 15.8. The van der Waals surface area contributed by atoms with Crippen LogP contribution in [-0.4, -0.2) is 27.4 Å². The lowest BCUT2D eigenvalue weighted by Crippen LogP contribution is -2.32. The van der Waals surface area contributed by atoms with Gasteiger partial charge in [-0.2, -0.15) is 0 Å². The first-order chi connectivity index (χ1) is 11.8. The third kappa shape index (κ3) is 4.20. The van der Waals surface area contributed by atoms with E-state index in [0.29, 0.717) is 11.3 Å². The summed E-state index contributed by atoms with van der Waals surface area (Å²) in [4.78, 5) is 12.5. The molecule has 0 unspecified atom stereocenters. The first kappa shape index (κ1) is 19.0. The maximum atomic E-state index is 12.7. The number of carbonyl (C=O) groups excluding carboxylic acids is 1. The van der Waals surface area contributed by atoms with E-state index in [1.54, 1.807) is 55.5 Å². The highest BCUT2D eigenvalue weighted by Gasteiger charge is 2.22. The quantitative estimate of drug-likeness (QED) is 0.859. The van der Waals surface area contributed by atoms with Gasteiger partial charge in [0.1, 0.15) is 0 Å². The summed E-state index contributed by atoms with van der Waals surface area (Å²) in [5.41, 5.74) is 1.79. The second-order valence-electron chi connectivity index (χ2n) is 6.07. The van der Waals surface area contributed by atoms with E-state index < -0.39 is 10.0 Å². The van der Waals surface area contributed by atoms with Crippen LogP contribution in [0.25, 0.3) is 0 Å². The van der Waals surface area contributed by atoms with E-state index in [2.05, 4.69) is 5.32 Å². The lowest BCUT2D eigenvalue weighted by molar-refractivity contribution is 0.0939. The molecule has 1 N–H and O–H groups in total. The minimum absolute atomic E-state index is 0.0913. The highest BCUT2D eigenvalue weighted by atomic mass is 32.2. The summed E-state index contributed by atoms with van der Waals surface area (Å²) >= 11 is 0. The molecule has 0 aromatic heterocycles. The Morgan fingerprint density at radius 1 is 1.16 bits per heavy atom. The van der Waals surface area contributed by atoms with Crippen molar-refractivity contribution in [1.29, 1.82) is 0 Å². The Kier molecular flexibility index (Phi) is 5.85. The summed E-state index contributed by atoms with van der Waals surface area (Å²) in [5, 5.41) is 2.91. The largest absolute Gasteiger partial charge is 0.350 e. The van der Waals surface area contributed by atoms with E-state index in [0.717, 1.165) is 12.0 Å². The van der Waals surface area contributed by atoms with Crippen LogP contribution in [0.1, 0.15) is 36.2 Å². The molecule has 0 spiro atoms. The van der Waals surface area contributed by atoms with Crippen molar-refractivity contribution < 1.29 is 13.2 Å². The predicted molar refractivity (Wildman–Crippen MR) is 100 cm³/mol. The fourth-order valence-corrected chi connectivity index (χ4v) is 3.72. The molecule has 134 valence electrons. The van der Waals surface area contributed by atoms with Gasteiger partial charge in [0.25, 0.3) is 15.9 Å². The Labute approximate surface area is 149 Å². The third-order valence-electron chi connectivity index (χ3n) is 4.19. The summed E-state index contributed by atoms with van der Waals surface area (Å²) in [6, 6.07) is 13.4. The Hall–Kier alpha value is -2.34. The summed E-state index contributed by atoms with van der Waals surface area (Å²) in [6.07, 6.45) is 0.848. The van der Waals surface area contributed by atoms with Crippen LogP contribution in [-0.2, 0) is 10.0 Å². The molecule has 2 aromatic rings. The number of amides is 1. The average molecular weight is 360 g/mol. The topological polar surface area (TPSA) is 66.5 Å². The number of aryl methyl sites for hydroxylation is 1. The van der Waals surface area contributed by atoms with Crippen molar-refractivity contribution in [3.63, 3.8) is 0 Å². The standard InChI is InChI=1S/C19H24N2O3S/c1-5-15(3)20-19(22)16-11-12-18(14(2)13-16)21(4)25(23,24)17-9-7-6-8-10-17/h6-13,15H,5H2,1-4H3,(H,20,22)/t15-/m1/s1. The molecule has 0 aliphatic heterocycles. The Balaban J connectivity index is 2.30. The van der Waals surface area contributed by atoms with Crippen LogP contribution in [0.2, 0.25) is 0 Å². The van der Waals surface area contributed by atoms with Gasteiger partial charge in [-0.1, -0.05) is 25.1 Å². The van der Waals surface area contributed by atoms with E-state index in [4.69, 9.17) is 0 Å². The summed E-state index contributed by atoms with van der Waals surface area (Å²) < 4.78 is 26.7. The van der Waals surface area contributed by atoms with Gasteiger partial charge in [0.2, 0.25) is 0 Å². The number of hydrogen-bond donors (Lipinski definition) is 1. The van der Waals surface area contributed by atoms with Gasteiger partial charge in [0.05, 0.1) is 10.6 Å². The normalized spacial score (nSPS) is 12.5. The number of sulfonamides is 1. The molecule has 0 aliphatic carbocycles. The van der Waals surface area contributed by atoms with Gasteiger partial charge in [-0.3, -0.25) is 9.10 Å². The molecule has 25 heavy (non-hydrogen) atoms. The lowest BCUT2D eigenvalue weighted by Gasteiger charge is -2.22. The van der Waals surface area contributed by atoms with Crippen LogP contribution < -0.4 is 9.62 Å². The minimum atomic E-state index is -3.64. The average Bonchev–Trinajstić information content (AvgIpc) is 2.61. The predicted octanol–water partition coefficient (Wildman–Crippen LogP) is 3.35. The van der Waals surface area contributed by atoms with Crippen LogP contribution in [0, 0.1) is 6.92 Å². The van der Waals surface area contributed by atoms with E-state index in [-0.39, 0.29) is 16.8 Å². The number of rotatable bonds is 6. The third-order valence-corrected chi connectivity index (χ3v) is 5.98. The summed E-state index contributed by atoms with van der Waals surface area (Å²) in [5.74, 6) is -0.155. The van der Waals surface area contributed by atoms with Crippen LogP contribution >= 0.6 is 0 Å². The first-order valence-corrected chi connectivity index (χ1v) is 9.67. The molecule has 0 aliphatic rings. The molecule has 0 fully saturated rings. The summed E-state index contributed by atoms with van der Waals surface area (Å²) in [7, 11) is -2.12. The molecule has 0 saturated carbocycles. The molecule has 2 rings (SSSR count). The summed E-state index contributed by atoms with van der Waals surface area (Å²) in [6.45, 7) is 5.74. The van der Waals surface area contributed by atoms with Gasteiger partial charge in [0.15, 0.2) is 0 Å². The van der Waals surface area contributed by atoms with Crippen molar-refractivity contribution in [2.45, 2.75) is 38.1 Å². The number of benzene rings is 2. The monoisotopic (exact) mass is 360 g/mol. The zero-order chi connectivity index (χ0) is 18.6. The molecule has 0 heterocycles. The fraction of sp³-hybridized carbons (Fsp3) is 0.316. The van der Waals surface area contributed by atoms with Crippen LogP contribution in [0.3, 0.4) is 0 Å². The molecule has 5 nitrogen and oxygen atoms in total. The number of anilines is 1. The van der Waals surface area contributed by atoms with Gasteiger partial charge >= 0.3 is 0 Å². The number of nitrogens with zero attached hydrogens (tertiary/aromatic N) is 1. The molecule has 1 amide bonds. The molecular weight excluding hydrogens is 336 g/mol. The SMILES string of the molecule is CC[C@@H](C)NC(=O)c1ccc(N(C)S(=O)(=O)c2ccccc2)c(C)c1. The lowest BCUT2D eigenvalue weighted by atomic mass is 10.1. The van der Waals surface area contributed by atoms with Crippen molar-refractivity contribution in [1.82, 2.24) is 5.32 Å². The number of nitrogens with one attached hydrogen (secondary N) is 1. The highest BCUT2D eigenvalue weighted by molar-refractivity contribution is 7.92. The molecule has 1 atom stereocenters. The molecular formula is C19H24N2O3S. The number of carbonyl (C=O) groups is 1. The van der Waals surface area contributed by atoms with Gasteiger partial charge < -0.3 is 5.32 Å². The van der Waals surface area contributed by atoms with Crippen molar-refractivity contribution in [2.24, 2.45) is 0 Å². The second-order valence-corrected chi connectivity index (χ2v) is 8.04. The van der Waals surface area contributed by atoms with E-state index in [9.17, 15) is 13.2 Å². The van der Waals surface area contributed by atoms with Crippen molar-refractivity contribution in [3.05, 3.63) is 59.7 Å². The molecule has 6 heteroatoms. The van der Waals surface area contributed by atoms with E-state index >= 15 is 0 Å². The van der Waals surface area contributed by atoms with Gasteiger partial charge in [-0.05, 0) is 56.2 Å². The Morgan fingerprint density at radius 3 is 2.36 bits per heavy atom.